The summed E-state index contributed by atoms with van der Waals surface area (Å²) in [6.45, 7) is 6.44. The maximum atomic E-state index is 3.14. The molecule has 0 aliphatic carbocycles. The van der Waals surface area contributed by atoms with Crippen molar-refractivity contribution < 1.29 is 0 Å². The third-order valence-corrected chi connectivity index (χ3v) is 2.88. The van der Waals surface area contributed by atoms with Crippen LogP contribution in [0.2, 0.25) is 0 Å². The summed E-state index contributed by atoms with van der Waals surface area (Å²) in [5.41, 5.74) is 2.55. The predicted octanol–water partition coefficient (Wildman–Crippen LogP) is 3.74. The van der Waals surface area contributed by atoms with E-state index in [1.54, 1.807) is 0 Å². The fourth-order valence-electron chi connectivity index (χ4n) is 1.99. The van der Waals surface area contributed by atoms with Gasteiger partial charge in [-0.25, -0.2) is 0 Å². The van der Waals surface area contributed by atoms with Crippen molar-refractivity contribution >= 4 is 11.4 Å². The number of hydrogen-bond donors (Lipinski definition) is 1. The van der Waals surface area contributed by atoms with Crippen LogP contribution in [0.3, 0.4) is 0 Å². The van der Waals surface area contributed by atoms with Gasteiger partial charge in [0.2, 0.25) is 0 Å². The Morgan fingerprint density at radius 1 is 0.938 bits per heavy atom. The highest BCUT2D eigenvalue weighted by atomic mass is 15.1. The zero-order chi connectivity index (χ0) is 11.8. The Labute approximate surface area is 99.7 Å². The van der Waals surface area contributed by atoms with E-state index in [-0.39, 0.29) is 0 Å². The molecule has 2 rings (SSSR count). The van der Waals surface area contributed by atoms with Gasteiger partial charge in [0.1, 0.15) is 0 Å². The number of benzene rings is 1. The summed E-state index contributed by atoms with van der Waals surface area (Å²) in [6.07, 6.45) is 4.08. The molecule has 0 atom stereocenters. The van der Waals surface area contributed by atoms with Crippen LogP contribution < -0.4 is 10.2 Å². The van der Waals surface area contributed by atoms with Gasteiger partial charge in [-0.15, -0.1) is 0 Å². The molecule has 90 valence electrons. The first kappa shape index (κ1) is 12.9. The van der Waals surface area contributed by atoms with Crippen molar-refractivity contribution in [1.29, 1.82) is 0 Å². The third kappa shape index (κ3) is 3.44. The molecule has 1 heterocycles. The molecule has 1 aromatic rings. The van der Waals surface area contributed by atoms with Gasteiger partial charge in [-0.1, -0.05) is 13.8 Å². The van der Waals surface area contributed by atoms with Gasteiger partial charge in [0, 0.05) is 31.5 Å². The Kier molecular flexibility index (Phi) is 5.76. The first-order valence-electron chi connectivity index (χ1n) is 6.43. The summed E-state index contributed by atoms with van der Waals surface area (Å²) in [4.78, 5) is 2.48. The molecule has 1 fully saturated rings. The molecule has 1 saturated heterocycles. The van der Waals surface area contributed by atoms with Crippen LogP contribution in [-0.2, 0) is 0 Å². The van der Waals surface area contributed by atoms with Crippen LogP contribution in [0.1, 0.15) is 33.1 Å². The van der Waals surface area contributed by atoms with Crippen molar-refractivity contribution in [3.8, 4) is 0 Å². The molecule has 1 aromatic carbocycles. The van der Waals surface area contributed by atoms with Gasteiger partial charge in [0.15, 0.2) is 0 Å². The van der Waals surface area contributed by atoms with Crippen molar-refractivity contribution in [3.63, 3.8) is 0 Å². The minimum atomic E-state index is 1.19. The van der Waals surface area contributed by atoms with Gasteiger partial charge in [0.05, 0.1) is 0 Å². The molecule has 2 heteroatoms. The molecule has 1 aliphatic rings. The van der Waals surface area contributed by atoms with Gasteiger partial charge in [0.25, 0.3) is 0 Å². The van der Waals surface area contributed by atoms with E-state index in [0.29, 0.717) is 0 Å². The van der Waals surface area contributed by atoms with Crippen LogP contribution in [-0.4, -0.2) is 20.1 Å². The van der Waals surface area contributed by atoms with Crippen molar-refractivity contribution in [3.05, 3.63) is 24.3 Å². The minimum absolute atomic E-state index is 1.19. The second-order valence-corrected chi connectivity index (χ2v) is 3.84. The summed E-state index contributed by atoms with van der Waals surface area (Å²) in [5.74, 6) is 0. The number of hydrogen-bond acceptors (Lipinski definition) is 2. The molecule has 0 aromatic heterocycles. The van der Waals surface area contributed by atoms with E-state index < -0.39 is 0 Å². The van der Waals surface area contributed by atoms with E-state index in [4.69, 9.17) is 0 Å². The minimum Gasteiger partial charge on any atom is -0.388 e. The maximum absolute atomic E-state index is 3.14. The van der Waals surface area contributed by atoms with Crippen molar-refractivity contribution in [2.45, 2.75) is 33.1 Å². The number of rotatable bonds is 2. The number of nitrogens with one attached hydrogen (secondary N) is 1. The first-order chi connectivity index (χ1) is 7.90. The monoisotopic (exact) mass is 220 g/mol. The van der Waals surface area contributed by atoms with E-state index in [0.717, 1.165) is 0 Å². The largest absolute Gasteiger partial charge is 0.388 e. The Balaban J connectivity index is 0.000000606. The highest BCUT2D eigenvalue weighted by molar-refractivity contribution is 5.54. The van der Waals surface area contributed by atoms with Gasteiger partial charge in [-0.2, -0.15) is 0 Å². The van der Waals surface area contributed by atoms with Crippen LogP contribution in [0.4, 0.5) is 11.4 Å². The smallest absolute Gasteiger partial charge is 0.0367 e. The van der Waals surface area contributed by atoms with Gasteiger partial charge >= 0.3 is 0 Å². The van der Waals surface area contributed by atoms with Gasteiger partial charge < -0.3 is 10.2 Å². The highest BCUT2D eigenvalue weighted by Crippen LogP contribution is 2.21. The third-order valence-electron chi connectivity index (χ3n) is 2.88. The quantitative estimate of drug-likeness (QED) is 0.816. The highest BCUT2D eigenvalue weighted by Gasteiger charge is 2.09. The van der Waals surface area contributed by atoms with Crippen molar-refractivity contribution in [1.82, 2.24) is 0 Å². The standard InChI is InChI=1S/C12H18N2.C2H6/c1-13-11-5-7-12(8-6-11)14-9-3-2-4-10-14;1-2/h5-8,13H,2-4,9-10H2,1H3;1-2H3. The Hall–Kier alpha value is -1.18. The number of piperidine rings is 1. The average molecular weight is 220 g/mol. The lowest BCUT2D eigenvalue weighted by Gasteiger charge is -2.28. The lowest BCUT2D eigenvalue weighted by atomic mass is 10.1. The Morgan fingerprint density at radius 3 is 2.00 bits per heavy atom. The summed E-state index contributed by atoms with van der Waals surface area (Å²) in [7, 11) is 1.95. The summed E-state index contributed by atoms with van der Waals surface area (Å²) in [5, 5.41) is 3.14. The molecule has 0 spiro atoms. The molecular formula is C14H24N2. The van der Waals surface area contributed by atoms with E-state index in [2.05, 4.69) is 34.5 Å². The molecule has 16 heavy (non-hydrogen) atoms. The first-order valence-corrected chi connectivity index (χ1v) is 6.43. The summed E-state index contributed by atoms with van der Waals surface area (Å²) < 4.78 is 0. The zero-order valence-corrected chi connectivity index (χ0v) is 10.8. The van der Waals surface area contributed by atoms with Crippen LogP contribution in [0.15, 0.2) is 24.3 Å². The lowest BCUT2D eigenvalue weighted by molar-refractivity contribution is 0.578. The fraction of sp³-hybridized carbons (Fsp3) is 0.571. The molecule has 1 aliphatic heterocycles. The molecule has 0 radical (unpaired) electrons. The molecular weight excluding hydrogens is 196 g/mol. The summed E-state index contributed by atoms with van der Waals surface area (Å²) >= 11 is 0. The Bertz CT molecular complexity index is 273. The van der Waals surface area contributed by atoms with Crippen LogP contribution in [0.25, 0.3) is 0 Å². The summed E-state index contributed by atoms with van der Waals surface area (Å²) in [6, 6.07) is 8.70. The number of nitrogens with zero attached hydrogens (tertiary/aromatic N) is 1. The van der Waals surface area contributed by atoms with E-state index >= 15 is 0 Å². The van der Waals surface area contributed by atoms with E-state index in [9.17, 15) is 0 Å². The molecule has 0 amide bonds. The van der Waals surface area contributed by atoms with Gasteiger partial charge in [-0.05, 0) is 43.5 Å². The van der Waals surface area contributed by atoms with Crippen molar-refractivity contribution in [2.24, 2.45) is 0 Å². The molecule has 1 N–H and O–H groups in total. The molecule has 2 nitrogen and oxygen atoms in total. The molecule has 0 saturated carbocycles. The van der Waals surface area contributed by atoms with Gasteiger partial charge in [-0.3, -0.25) is 0 Å². The second kappa shape index (κ2) is 7.15. The predicted molar refractivity (Wildman–Crippen MR) is 73.4 cm³/mol. The normalized spacial score (nSPS) is 15.1. The van der Waals surface area contributed by atoms with Crippen LogP contribution in [0, 0.1) is 0 Å². The van der Waals surface area contributed by atoms with Crippen molar-refractivity contribution in [2.75, 3.05) is 30.4 Å². The fourth-order valence-corrected chi connectivity index (χ4v) is 1.99. The topological polar surface area (TPSA) is 15.3 Å². The molecule has 0 unspecified atom stereocenters. The lowest BCUT2D eigenvalue weighted by Crippen LogP contribution is -2.29. The van der Waals surface area contributed by atoms with Crippen LogP contribution in [0.5, 0.6) is 0 Å². The van der Waals surface area contributed by atoms with E-state index in [1.807, 2.05) is 20.9 Å². The SMILES string of the molecule is CC.CNc1ccc(N2CCCCC2)cc1. The average Bonchev–Trinajstić information content (AvgIpc) is 2.42. The molecule has 0 bridgehead atoms. The maximum Gasteiger partial charge on any atom is 0.0367 e. The zero-order valence-electron chi connectivity index (χ0n) is 10.8. The number of anilines is 2. The van der Waals surface area contributed by atoms with E-state index in [1.165, 1.54) is 43.7 Å². The second-order valence-electron chi connectivity index (χ2n) is 3.84. The van der Waals surface area contributed by atoms with Crippen LogP contribution >= 0.6 is 0 Å². The Morgan fingerprint density at radius 2 is 1.50 bits per heavy atom.